The van der Waals surface area contributed by atoms with Crippen LogP contribution in [0.15, 0.2) is 23.1 Å². The molecule has 1 aliphatic rings. The number of hydrogen-bond acceptors (Lipinski definition) is 3. The van der Waals surface area contributed by atoms with Crippen molar-refractivity contribution in [2.24, 2.45) is 5.92 Å². The fourth-order valence-electron chi connectivity index (χ4n) is 2.34. The molecule has 1 aromatic rings. The molecule has 4 nitrogen and oxygen atoms in total. The number of hydrogen-bond donors (Lipinski definition) is 1. The van der Waals surface area contributed by atoms with Crippen molar-refractivity contribution in [3.63, 3.8) is 0 Å². The number of anilines is 1. The Labute approximate surface area is 122 Å². The van der Waals surface area contributed by atoms with Gasteiger partial charge in [0.1, 0.15) is 0 Å². The van der Waals surface area contributed by atoms with Crippen molar-refractivity contribution in [3.8, 4) is 0 Å². The monoisotopic (exact) mass is 296 g/mol. The summed E-state index contributed by atoms with van der Waals surface area (Å²) in [7, 11) is -1.72. The van der Waals surface area contributed by atoms with Crippen LogP contribution in [-0.2, 0) is 16.4 Å². The molecule has 5 heteroatoms. The maximum atomic E-state index is 12.5. The van der Waals surface area contributed by atoms with Gasteiger partial charge in [-0.3, -0.25) is 0 Å². The molecule has 1 heterocycles. The lowest BCUT2D eigenvalue weighted by molar-refractivity contribution is 0.428. The minimum Gasteiger partial charge on any atom is -0.385 e. The van der Waals surface area contributed by atoms with Crippen molar-refractivity contribution < 1.29 is 8.42 Å². The van der Waals surface area contributed by atoms with Crippen LogP contribution in [0.4, 0.5) is 5.69 Å². The maximum absolute atomic E-state index is 12.5. The third-order valence-corrected chi connectivity index (χ3v) is 5.60. The van der Waals surface area contributed by atoms with Gasteiger partial charge in [0.25, 0.3) is 0 Å². The molecular weight excluding hydrogens is 272 g/mol. The molecule has 0 aliphatic carbocycles. The van der Waals surface area contributed by atoms with Gasteiger partial charge in [0.05, 0.1) is 4.90 Å². The highest BCUT2D eigenvalue weighted by Crippen LogP contribution is 2.26. The molecule has 0 bridgehead atoms. The Morgan fingerprint density at radius 1 is 1.35 bits per heavy atom. The minimum atomic E-state index is -3.37. The second-order valence-electron chi connectivity index (χ2n) is 5.86. The fraction of sp³-hybridized carbons (Fsp3) is 0.600. The number of aryl methyl sites for hydroxylation is 1. The molecule has 0 saturated heterocycles. The van der Waals surface area contributed by atoms with E-state index in [0.717, 1.165) is 31.5 Å². The van der Waals surface area contributed by atoms with Gasteiger partial charge in [-0.2, -0.15) is 0 Å². The van der Waals surface area contributed by atoms with Gasteiger partial charge in [-0.25, -0.2) is 12.7 Å². The zero-order valence-electron chi connectivity index (χ0n) is 12.5. The van der Waals surface area contributed by atoms with E-state index in [0.29, 0.717) is 17.4 Å². The van der Waals surface area contributed by atoms with Crippen LogP contribution in [0.5, 0.6) is 0 Å². The first kappa shape index (κ1) is 15.3. The number of nitrogens with zero attached hydrogens (tertiary/aromatic N) is 1. The van der Waals surface area contributed by atoms with Crippen LogP contribution in [0, 0.1) is 5.92 Å². The summed E-state index contributed by atoms with van der Waals surface area (Å²) in [5.41, 5.74) is 2.18. The molecule has 0 spiro atoms. The number of benzene rings is 1. The van der Waals surface area contributed by atoms with Crippen molar-refractivity contribution in [1.82, 2.24) is 4.31 Å². The van der Waals surface area contributed by atoms with Crippen LogP contribution < -0.4 is 5.32 Å². The predicted octanol–water partition coefficient (Wildman–Crippen LogP) is 2.71. The molecule has 1 aliphatic heterocycles. The molecule has 2 rings (SSSR count). The van der Waals surface area contributed by atoms with Crippen LogP contribution in [0.1, 0.15) is 32.3 Å². The predicted molar refractivity (Wildman–Crippen MR) is 82.5 cm³/mol. The largest absolute Gasteiger partial charge is 0.385 e. The van der Waals surface area contributed by atoms with Gasteiger partial charge >= 0.3 is 0 Å². The Morgan fingerprint density at radius 3 is 2.80 bits per heavy atom. The highest BCUT2D eigenvalue weighted by Gasteiger charge is 2.22. The zero-order chi connectivity index (χ0) is 14.8. The molecule has 0 aromatic heterocycles. The second kappa shape index (κ2) is 6.14. The van der Waals surface area contributed by atoms with Gasteiger partial charge in [-0.05, 0) is 42.9 Å². The molecular formula is C15H24N2O2S. The van der Waals surface area contributed by atoms with Crippen LogP contribution in [0.25, 0.3) is 0 Å². The Kier molecular flexibility index (Phi) is 4.70. The lowest BCUT2D eigenvalue weighted by Gasteiger charge is -2.21. The average molecular weight is 296 g/mol. The molecule has 0 radical (unpaired) electrons. The molecule has 1 aromatic carbocycles. The number of nitrogens with one attached hydrogen (secondary N) is 1. The summed E-state index contributed by atoms with van der Waals surface area (Å²) >= 11 is 0. The van der Waals surface area contributed by atoms with Gasteiger partial charge in [0.2, 0.25) is 10.0 Å². The van der Waals surface area contributed by atoms with E-state index in [1.165, 1.54) is 9.87 Å². The Bertz CT molecular complexity index is 567. The van der Waals surface area contributed by atoms with E-state index in [2.05, 4.69) is 19.2 Å². The average Bonchev–Trinajstić information content (AvgIpc) is 2.44. The van der Waals surface area contributed by atoms with E-state index < -0.39 is 10.0 Å². The Balaban J connectivity index is 2.20. The highest BCUT2D eigenvalue weighted by atomic mass is 32.2. The van der Waals surface area contributed by atoms with Gasteiger partial charge in [-0.15, -0.1) is 0 Å². The smallest absolute Gasteiger partial charge is 0.242 e. The third-order valence-electron chi connectivity index (χ3n) is 3.75. The van der Waals surface area contributed by atoms with E-state index in [9.17, 15) is 8.42 Å². The summed E-state index contributed by atoms with van der Waals surface area (Å²) in [6.45, 7) is 5.68. The zero-order valence-corrected chi connectivity index (χ0v) is 13.3. The lowest BCUT2D eigenvalue weighted by Crippen LogP contribution is -2.29. The number of rotatable bonds is 5. The van der Waals surface area contributed by atoms with E-state index in [4.69, 9.17) is 0 Å². The van der Waals surface area contributed by atoms with Gasteiger partial charge < -0.3 is 5.32 Å². The van der Waals surface area contributed by atoms with Crippen molar-refractivity contribution in [2.45, 2.75) is 38.0 Å². The van der Waals surface area contributed by atoms with Crippen molar-refractivity contribution >= 4 is 15.7 Å². The summed E-state index contributed by atoms with van der Waals surface area (Å²) in [5.74, 6) is 0.498. The molecule has 1 N–H and O–H groups in total. The normalized spacial score (nSPS) is 15.2. The summed E-state index contributed by atoms with van der Waals surface area (Å²) < 4.78 is 26.5. The first-order valence-corrected chi connectivity index (χ1v) is 8.68. The highest BCUT2D eigenvalue weighted by molar-refractivity contribution is 7.89. The van der Waals surface area contributed by atoms with E-state index in [1.807, 2.05) is 6.07 Å². The third kappa shape index (κ3) is 3.33. The second-order valence-corrected chi connectivity index (χ2v) is 7.90. The summed E-state index contributed by atoms with van der Waals surface area (Å²) in [5, 5.41) is 3.28. The quantitative estimate of drug-likeness (QED) is 0.909. The van der Waals surface area contributed by atoms with Crippen LogP contribution >= 0.6 is 0 Å². The van der Waals surface area contributed by atoms with E-state index in [1.54, 1.807) is 19.2 Å². The Hall–Kier alpha value is -1.07. The molecule has 0 atom stereocenters. The molecule has 0 unspecified atom stereocenters. The summed E-state index contributed by atoms with van der Waals surface area (Å²) in [6.07, 6.45) is 3.00. The number of sulfonamides is 1. The van der Waals surface area contributed by atoms with Crippen molar-refractivity contribution in [1.29, 1.82) is 0 Å². The topological polar surface area (TPSA) is 49.4 Å². The van der Waals surface area contributed by atoms with E-state index in [-0.39, 0.29) is 0 Å². The molecule has 0 saturated carbocycles. The van der Waals surface area contributed by atoms with Crippen LogP contribution in [0.2, 0.25) is 0 Å². The molecule has 20 heavy (non-hydrogen) atoms. The van der Waals surface area contributed by atoms with Crippen LogP contribution in [0.3, 0.4) is 0 Å². The molecule has 0 amide bonds. The summed E-state index contributed by atoms with van der Waals surface area (Å²) in [6, 6.07) is 5.44. The SMILES string of the molecule is CC(C)CCN(C)S(=O)(=O)c1ccc2c(c1)NCCC2. The minimum absolute atomic E-state index is 0.386. The van der Waals surface area contributed by atoms with Gasteiger partial charge in [-0.1, -0.05) is 19.9 Å². The number of fused-ring (bicyclic) bond motifs is 1. The van der Waals surface area contributed by atoms with Gasteiger partial charge in [0, 0.05) is 25.8 Å². The first-order chi connectivity index (χ1) is 9.41. The summed E-state index contributed by atoms with van der Waals surface area (Å²) in [4.78, 5) is 0.386. The van der Waals surface area contributed by atoms with E-state index >= 15 is 0 Å². The van der Waals surface area contributed by atoms with Crippen molar-refractivity contribution in [2.75, 3.05) is 25.5 Å². The lowest BCUT2D eigenvalue weighted by atomic mass is 10.0. The molecule has 0 fully saturated rings. The first-order valence-electron chi connectivity index (χ1n) is 7.24. The van der Waals surface area contributed by atoms with Crippen LogP contribution in [-0.4, -0.2) is 32.9 Å². The standard InChI is InChI=1S/C15H24N2O2S/c1-12(2)8-10-17(3)20(18,19)14-7-6-13-5-4-9-16-15(13)11-14/h6-7,11-12,16H,4-5,8-10H2,1-3H3. The Morgan fingerprint density at radius 2 is 2.10 bits per heavy atom. The fourth-order valence-corrected chi connectivity index (χ4v) is 3.55. The van der Waals surface area contributed by atoms with Gasteiger partial charge in [0.15, 0.2) is 0 Å². The molecule has 112 valence electrons. The maximum Gasteiger partial charge on any atom is 0.242 e. The van der Waals surface area contributed by atoms with Crippen molar-refractivity contribution in [3.05, 3.63) is 23.8 Å².